The van der Waals surface area contributed by atoms with Gasteiger partial charge in [0.05, 0.1) is 5.60 Å². The number of nitrogens with zero attached hydrogens (tertiary/aromatic N) is 1. The van der Waals surface area contributed by atoms with Crippen molar-refractivity contribution in [3.05, 3.63) is 34.3 Å². The van der Waals surface area contributed by atoms with Crippen LogP contribution >= 0.6 is 11.6 Å². The lowest BCUT2D eigenvalue weighted by molar-refractivity contribution is -0.0777. The molecule has 0 aliphatic carbocycles. The summed E-state index contributed by atoms with van der Waals surface area (Å²) in [7, 11) is 2.02. The third-order valence-electron chi connectivity index (χ3n) is 3.64. The molecule has 3 nitrogen and oxygen atoms in total. The Morgan fingerprint density at radius 1 is 1.37 bits per heavy atom. The Hall–Kier alpha value is -0.610. The number of aryl methyl sites for hydroxylation is 1. The highest BCUT2D eigenvalue weighted by Gasteiger charge is 2.30. The molecule has 0 atom stereocenters. The van der Waals surface area contributed by atoms with Crippen molar-refractivity contribution in [3.63, 3.8) is 0 Å². The van der Waals surface area contributed by atoms with Crippen LogP contribution in [0.1, 0.15) is 24.0 Å². The Morgan fingerprint density at radius 2 is 2.05 bits per heavy atom. The largest absolute Gasteiger partial charge is 0.388 e. The summed E-state index contributed by atoms with van der Waals surface area (Å²) in [6, 6.07) is 6.11. The number of hydrogen-bond acceptors (Lipinski definition) is 3. The van der Waals surface area contributed by atoms with Gasteiger partial charge in [-0.25, -0.2) is 0 Å². The maximum absolute atomic E-state index is 10.5. The molecule has 1 aliphatic heterocycles. The summed E-state index contributed by atoms with van der Waals surface area (Å²) in [5.41, 5.74) is 1.65. The first kappa shape index (κ1) is 14.8. The number of benzene rings is 1. The highest BCUT2D eigenvalue weighted by molar-refractivity contribution is 6.31. The van der Waals surface area contributed by atoms with Crippen molar-refractivity contribution in [2.24, 2.45) is 0 Å². The van der Waals surface area contributed by atoms with Crippen LogP contribution in [0.25, 0.3) is 0 Å². The molecular weight excluding hydrogens is 262 g/mol. The summed E-state index contributed by atoms with van der Waals surface area (Å²) in [5, 5.41) is 11.3. The first-order chi connectivity index (χ1) is 8.98. The Morgan fingerprint density at radius 3 is 2.68 bits per heavy atom. The predicted octanol–water partition coefficient (Wildman–Crippen LogP) is 2.62. The number of likely N-dealkylation sites (N-methyl/N-ethyl adjacent to an activating group) is 1. The lowest BCUT2D eigenvalue weighted by Crippen LogP contribution is -2.45. The van der Waals surface area contributed by atoms with Gasteiger partial charge in [0, 0.05) is 44.2 Å². The highest BCUT2D eigenvalue weighted by atomic mass is 35.5. The molecule has 1 N–H and O–H groups in total. The first-order valence-corrected chi connectivity index (χ1v) is 7.10. The second-order valence-electron chi connectivity index (χ2n) is 5.60. The van der Waals surface area contributed by atoms with E-state index < -0.39 is 5.60 Å². The highest BCUT2D eigenvalue weighted by Crippen LogP contribution is 2.23. The molecule has 0 amide bonds. The smallest absolute Gasteiger partial charge is 0.0817 e. The minimum Gasteiger partial charge on any atom is -0.388 e. The van der Waals surface area contributed by atoms with Gasteiger partial charge in [0.1, 0.15) is 0 Å². The predicted molar refractivity (Wildman–Crippen MR) is 77.5 cm³/mol. The van der Waals surface area contributed by atoms with E-state index in [1.165, 1.54) is 5.56 Å². The standard InChI is InChI=1S/C15H22ClNO2/c1-12-3-4-13(14(16)9-12)10-17(2)11-15(18)5-7-19-8-6-15/h3-4,9,18H,5-8,10-11H2,1-2H3. The quantitative estimate of drug-likeness (QED) is 0.922. The van der Waals surface area contributed by atoms with Crippen molar-refractivity contribution in [2.75, 3.05) is 26.8 Å². The summed E-state index contributed by atoms with van der Waals surface area (Å²) < 4.78 is 5.30. The van der Waals surface area contributed by atoms with Crippen LogP contribution in [-0.4, -0.2) is 42.4 Å². The molecule has 0 unspecified atom stereocenters. The van der Waals surface area contributed by atoms with Gasteiger partial charge in [-0.15, -0.1) is 0 Å². The molecule has 1 fully saturated rings. The van der Waals surface area contributed by atoms with E-state index in [4.69, 9.17) is 16.3 Å². The van der Waals surface area contributed by atoms with Crippen molar-refractivity contribution >= 4 is 11.6 Å². The van der Waals surface area contributed by atoms with Crippen molar-refractivity contribution in [1.82, 2.24) is 4.90 Å². The van der Waals surface area contributed by atoms with Crippen LogP contribution in [0.2, 0.25) is 5.02 Å². The molecule has 1 aromatic carbocycles. The lowest BCUT2D eigenvalue weighted by atomic mass is 9.94. The van der Waals surface area contributed by atoms with Crippen LogP contribution in [0.5, 0.6) is 0 Å². The van der Waals surface area contributed by atoms with Crippen LogP contribution in [0.4, 0.5) is 0 Å². The summed E-state index contributed by atoms with van der Waals surface area (Å²) in [5.74, 6) is 0. The molecule has 1 aromatic rings. The zero-order chi connectivity index (χ0) is 13.9. The molecule has 1 aliphatic rings. The molecule has 106 valence electrons. The van der Waals surface area contributed by atoms with Gasteiger partial charge in [-0.2, -0.15) is 0 Å². The maximum atomic E-state index is 10.5. The fraction of sp³-hybridized carbons (Fsp3) is 0.600. The van der Waals surface area contributed by atoms with E-state index in [1.54, 1.807) is 0 Å². The topological polar surface area (TPSA) is 32.7 Å². The van der Waals surface area contributed by atoms with E-state index in [9.17, 15) is 5.11 Å². The SMILES string of the molecule is Cc1ccc(CN(C)CC2(O)CCOCC2)c(Cl)c1. The summed E-state index contributed by atoms with van der Waals surface area (Å²) >= 11 is 6.24. The number of aliphatic hydroxyl groups is 1. The van der Waals surface area contributed by atoms with Crippen molar-refractivity contribution in [3.8, 4) is 0 Å². The third-order valence-corrected chi connectivity index (χ3v) is 3.99. The number of ether oxygens (including phenoxy) is 1. The molecule has 0 aromatic heterocycles. The number of hydrogen-bond donors (Lipinski definition) is 1. The number of rotatable bonds is 4. The van der Waals surface area contributed by atoms with Gasteiger partial charge in [-0.3, -0.25) is 4.90 Å². The third kappa shape index (κ3) is 4.18. The molecule has 1 saturated heterocycles. The van der Waals surface area contributed by atoms with Gasteiger partial charge < -0.3 is 9.84 Å². The van der Waals surface area contributed by atoms with Crippen molar-refractivity contribution in [1.29, 1.82) is 0 Å². The van der Waals surface area contributed by atoms with Crippen LogP contribution < -0.4 is 0 Å². The van der Waals surface area contributed by atoms with Gasteiger partial charge >= 0.3 is 0 Å². The van der Waals surface area contributed by atoms with Gasteiger partial charge in [0.25, 0.3) is 0 Å². The summed E-state index contributed by atoms with van der Waals surface area (Å²) in [6.45, 7) is 4.73. The van der Waals surface area contributed by atoms with Gasteiger partial charge in [0.15, 0.2) is 0 Å². The molecule has 0 radical (unpaired) electrons. The van der Waals surface area contributed by atoms with Crippen LogP contribution in [0, 0.1) is 6.92 Å². The van der Waals surface area contributed by atoms with Gasteiger partial charge in [0.2, 0.25) is 0 Å². The van der Waals surface area contributed by atoms with Crippen molar-refractivity contribution in [2.45, 2.75) is 31.9 Å². The molecule has 2 rings (SSSR count). The average molecular weight is 284 g/mol. The zero-order valence-corrected chi connectivity index (χ0v) is 12.4. The minimum atomic E-state index is -0.621. The normalized spacial score (nSPS) is 18.8. The van der Waals surface area contributed by atoms with Crippen molar-refractivity contribution < 1.29 is 9.84 Å². The van der Waals surface area contributed by atoms with E-state index in [-0.39, 0.29) is 0 Å². The summed E-state index contributed by atoms with van der Waals surface area (Å²) in [4.78, 5) is 2.13. The Labute approximate surface area is 120 Å². The second kappa shape index (κ2) is 6.23. The molecule has 0 saturated carbocycles. The maximum Gasteiger partial charge on any atom is 0.0817 e. The Bertz CT molecular complexity index is 430. The molecule has 0 spiro atoms. The van der Waals surface area contributed by atoms with E-state index in [2.05, 4.69) is 17.0 Å². The number of halogens is 1. The monoisotopic (exact) mass is 283 g/mol. The van der Waals surface area contributed by atoms with E-state index in [0.29, 0.717) is 32.6 Å². The molecular formula is C15H22ClNO2. The second-order valence-corrected chi connectivity index (χ2v) is 6.01. The van der Waals surface area contributed by atoms with Crippen LogP contribution in [0.3, 0.4) is 0 Å². The Kier molecular flexibility index (Phi) is 4.85. The van der Waals surface area contributed by atoms with Gasteiger partial charge in [-0.05, 0) is 31.2 Å². The molecule has 19 heavy (non-hydrogen) atoms. The zero-order valence-electron chi connectivity index (χ0n) is 11.7. The van der Waals surface area contributed by atoms with E-state index in [0.717, 1.165) is 17.1 Å². The van der Waals surface area contributed by atoms with E-state index >= 15 is 0 Å². The fourth-order valence-corrected chi connectivity index (χ4v) is 2.83. The fourth-order valence-electron chi connectivity index (χ4n) is 2.54. The molecule has 1 heterocycles. The first-order valence-electron chi connectivity index (χ1n) is 6.72. The Balaban J connectivity index is 1.95. The molecule has 0 bridgehead atoms. The van der Waals surface area contributed by atoms with E-state index in [1.807, 2.05) is 20.0 Å². The van der Waals surface area contributed by atoms with Gasteiger partial charge in [-0.1, -0.05) is 23.7 Å². The van der Waals surface area contributed by atoms with Crippen LogP contribution in [0.15, 0.2) is 18.2 Å². The average Bonchev–Trinajstić information content (AvgIpc) is 2.33. The minimum absolute atomic E-state index is 0.621. The molecule has 4 heteroatoms. The van der Waals surface area contributed by atoms with Crippen LogP contribution in [-0.2, 0) is 11.3 Å². The summed E-state index contributed by atoms with van der Waals surface area (Å²) in [6.07, 6.45) is 1.41. The lowest BCUT2D eigenvalue weighted by Gasteiger charge is -2.35.